The highest BCUT2D eigenvalue weighted by molar-refractivity contribution is 6.35. The van der Waals surface area contributed by atoms with Crippen molar-refractivity contribution in [1.29, 1.82) is 0 Å². The molecule has 0 aliphatic carbocycles. The van der Waals surface area contributed by atoms with Gasteiger partial charge in [-0.15, -0.1) is 0 Å². The number of benzene rings is 2. The molecule has 0 amide bonds. The molecule has 1 N–H and O–H groups in total. The van der Waals surface area contributed by atoms with Gasteiger partial charge in [0.1, 0.15) is 0 Å². The third kappa shape index (κ3) is 2.23. The fraction of sp³-hybridized carbons (Fsp3) is 0.167. The maximum Gasteiger partial charge on any atom is 0.418 e. The van der Waals surface area contributed by atoms with Crippen molar-refractivity contribution in [3.63, 3.8) is 0 Å². The Hall–Kier alpha value is -1.26. The van der Waals surface area contributed by atoms with Crippen molar-refractivity contribution in [2.45, 2.75) is 12.3 Å². The molecule has 5 heteroatoms. The molecule has 0 aromatic heterocycles. The molecule has 17 heavy (non-hydrogen) atoms. The minimum atomic E-state index is -4.68. The zero-order chi connectivity index (χ0) is 12.6. The minimum absolute atomic E-state index is 0.183. The lowest BCUT2D eigenvalue weighted by Crippen LogP contribution is -2.20. The predicted octanol–water partition coefficient (Wildman–Crippen LogP) is 4.09. The highest BCUT2D eigenvalue weighted by Crippen LogP contribution is 2.37. The number of alkyl halides is 3. The van der Waals surface area contributed by atoms with Crippen LogP contribution >= 0.6 is 11.6 Å². The number of halogens is 4. The van der Waals surface area contributed by atoms with Crippen LogP contribution in [-0.2, 0) is 0 Å². The number of fused-ring (bicyclic) bond motifs is 1. The van der Waals surface area contributed by atoms with Gasteiger partial charge in [-0.3, -0.25) is 0 Å². The average molecular weight is 261 g/mol. The summed E-state index contributed by atoms with van der Waals surface area (Å²) in [5.74, 6) is 0. The first-order valence-corrected chi connectivity index (χ1v) is 5.21. The van der Waals surface area contributed by atoms with E-state index in [-0.39, 0.29) is 5.56 Å². The molecule has 1 atom stereocenters. The summed E-state index contributed by atoms with van der Waals surface area (Å²) in [6.45, 7) is 0. The Kier molecular flexibility index (Phi) is 3.02. The molecule has 1 nitrogen and oxygen atoms in total. The Labute approximate surface area is 100 Å². The van der Waals surface area contributed by atoms with Gasteiger partial charge in [0.25, 0.3) is 0 Å². The number of aliphatic hydroxyl groups is 1. The van der Waals surface area contributed by atoms with Crippen molar-refractivity contribution < 1.29 is 18.3 Å². The van der Waals surface area contributed by atoms with Crippen LogP contribution in [0.4, 0.5) is 13.2 Å². The molecular formula is C12H8ClF3O. The van der Waals surface area contributed by atoms with E-state index in [1.165, 1.54) is 18.2 Å². The molecule has 0 saturated carbocycles. The highest BCUT2D eigenvalue weighted by Gasteiger charge is 2.40. The second-order valence-corrected chi connectivity index (χ2v) is 4.03. The van der Waals surface area contributed by atoms with E-state index < -0.39 is 12.3 Å². The van der Waals surface area contributed by atoms with Crippen LogP contribution in [0.25, 0.3) is 10.8 Å². The summed E-state index contributed by atoms with van der Waals surface area (Å²) in [6, 6.07) is 8.95. The van der Waals surface area contributed by atoms with Crippen molar-refractivity contribution in [2.75, 3.05) is 0 Å². The third-order valence-corrected chi connectivity index (χ3v) is 2.84. The Morgan fingerprint density at radius 1 is 1.00 bits per heavy atom. The van der Waals surface area contributed by atoms with Crippen LogP contribution in [-0.4, -0.2) is 11.3 Å². The first-order chi connectivity index (χ1) is 7.91. The zero-order valence-corrected chi connectivity index (χ0v) is 9.26. The molecule has 2 aromatic rings. The van der Waals surface area contributed by atoms with E-state index >= 15 is 0 Å². The first-order valence-electron chi connectivity index (χ1n) is 4.83. The van der Waals surface area contributed by atoms with E-state index in [1.807, 2.05) is 0 Å². The Morgan fingerprint density at radius 2 is 1.59 bits per heavy atom. The molecule has 90 valence electrons. The maximum atomic E-state index is 12.5. The van der Waals surface area contributed by atoms with Crippen LogP contribution in [0, 0.1) is 0 Å². The maximum absolute atomic E-state index is 12.5. The van der Waals surface area contributed by atoms with Crippen LogP contribution in [0.1, 0.15) is 11.7 Å². The molecule has 0 bridgehead atoms. The molecular weight excluding hydrogens is 253 g/mol. The summed E-state index contributed by atoms with van der Waals surface area (Å²) in [5.41, 5.74) is -0.183. The van der Waals surface area contributed by atoms with Gasteiger partial charge in [0, 0.05) is 10.4 Å². The normalized spacial score (nSPS) is 13.9. The smallest absolute Gasteiger partial charge is 0.379 e. The van der Waals surface area contributed by atoms with Crippen molar-refractivity contribution >= 4 is 22.4 Å². The summed E-state index contributed by atoms with van der Waals surface area (Å²) in [6.07, 6.45) is -7.18. The Balaban J connectivity index is 2.67. The zero-order valence-electron chi connectivity index (χ0n) is 8.50. The Bertz CT molecular complexity index is 551. The molecule has 0 saturated heterocycles. The van der Waals surface area contributed by atoms with Crippen LogP contribution in [0.15, 0.2) is 36.4 Å². The largest absolute Gasteiger partial charge is 0.418 e. The van der Waals surface area contributed by atoms with Gasteiger partial charge in [-0.2, -0.15) is 13.2 Å². The van der Waals surface area contributed by atoms with Crippen LogP contribution in [0.2, 0.25) is 5.02 Å². The van der Waals surface area contributed by atoms with Crippen LogP contribution in [0.5, 0.6) is 0 Å². The van der Waals surface area contributed by atoms with Gasteiger partial charge >= 0.3 is 6.18 Å². The van der Waals surface area contributed by atoms with E-state index in [0.717, 1.165) is 0 Å². The minimum Gasteiger partial charge on any atom is -0.379 e. The highest BCUT2D eigenvalue weighted by atomic mass is 35.5. The van der Waals surface area contributed by atoms with E-state index in [4.69, 9.17) is 11.6 Å². The lowest BCUT2D eigenvalue weighted by atomic mass is 10.00. The second-order valence-electron chi connectivity index (χ2n) is 3.63. The standard InChI is InChI=1S/C12H8ClF3O/c13-10-6-2-3-7-8(10)4-1-5-9(7)11(17)12(14,15)16/h1-6,11,17H. The molecule has 0 radical (unpaired) electrons. The summed E-state index contributed by atoms with van der Waals surface area (Å²) >= 11 is 5.89. The molecule has 2 rings (SSSR count). The number of rotatable bonds is 1. The van der Waals surface area contributed by atoms with Crippen LogP contribution in [0.3, 0.4) is 0 Å². The monoisotopic (exact) mass is 260 g/mol. The molecule has 0 spiro atoms. The number of aliphatic hydroxyl groups excluding tert-OH is 1. The second kappa shape index (κ2) is 4.20. The van der Waals surface area contributed by atoms with Crippen molar-refractivity contribution in [1.82, 2.24) is 0 Å². The summed E-state index contributed by atoms with van der Waals surface area (Å²) < 4.78 is 37.4. The molecule has 2 aromatic carbocycles. The van der Waals surface area contributed by atoms with Crippen molar-refractivity contribution in [2.24, 2.45) is 0 Å². The molecule has 1 unspecified atom stereocenters. The van der Waals surface area contributed by atoms with Gasteiger partial charge in [0.05, 0.1) is 0 Å². The lowest BCUT2D eigenvalue weighted by molar-refractivity contribution is -0.206. The molecule has 0 aliphatic rings. The summed E-state index contributed by atoms with van der Waals surface area (Å²) in [5, 5.41) is 10.4. The van der Waals surface area contributed by atoms with E-state index in [1.54, 1.807) is 18.2 Å². The number of hydrogen-bond acceptors (Lipinski definition) is 1. The van der Waals surface area contributed by atoms with Crippen LogP contribution < -0.4 is 0 Å². The average Bonchev–Trinajstić information content (AvgIpc) is 2.27. The van der Waals surface area contributed by atoms with E-state index in [0.29, 0.717) is 15.8 Å². The molecule has 0 heterocycles. The van der Waals surface area contributed by atoms with Gasteiger partial charge in [-0.05, 0) is 17.0 Å². The van der Waals surface area contributed by atoms with Crippen molar-refractivity contribution in [3.8, 4) is 0 Å². The fourth-order valence-electron chi connectivity index (χ4n) is 1.71. The van der Waals surface area contributed by atoms with Gasteiger partial charge in [0.2, 0.25) is 0 Å². The van der Waals surface area contributed by atoms with E-state index in [9.17, 15) is 18.3 Å². The van der Waals surface area contributed by atoms with E-state index in [2.05, 4.69) is 0 Å². The topological polar surface area (TPSA) is 20.2 Å². The van der Waals surface area contributed by atoms with Crippen molar-refractivity contribution in [3.05, 3.63) is 47.0 Å². The molecule has 0 aliphatic heterocycles. The fourth-order valence-corrected chi connectivity index (χ4v) is 1.95. The van der Waals surface area contributed by atoms with Gasteiger partial charge in [-0.25, -0.2) is 0 Å². The predicted molar refractivity (Wildman–Crippen MR) is 60.0 cm³/mol. The molecule has 0 fully saturated rings. The lowest BCUT2D eigenvalue weighted by Gasteiger charge is -2.17. The quantitative estimate of drug-likeness (QED) is 0.819. The first kappa shape index (κ1) is 12.2. The summed E-state index contributed by atoms with van der Waals surface area (Å²) in [7, 11) is 0. The summed E-state index contributed by atoms with van der Waals surface area (Å²) in [4.78, 5) is 0. The van der Waals surface area contributed by atoms with Gasteiger partial charge in [-0.1, -0.05) is 41.9 Å². The SMILES string of the molecule is OC(c1cccc2c(Cl)cccc12)C(F)(F)F. The Morgan fingerprint density at radius 3 is 2.24 bits per heavy atom. The number of hydrogen-bond donors (Lipinski definition) is 1. The van der Waals surface area contributed by atoms with Gasteiger partial charge < -0.3 is 5.11 Å². The van der Waals surface area contributed by atoms with Gasteiger partial charge in [0.15, 0.2) is 6.10 Å². The third-order valence-electron chi connectivity index (χ3n) is 2.51.